The maximum absolute atomic E-state index is 12.2. The van der Waals surface area contributed by atoms with Gasteiger partial charge in [-0.1, -0.05) is 6.42 Å². The second kappa shape index (κ2) is 5.28. The van der Waals surface area contributed by atoms with Crippen molar-refractivity contribution >= 4 is 27.3 Å². The second-order valence-corrected chi connectivity index (χ2v) is 6.91. The molecule has 2 rings (SSSR count). The van der Waals surface area contributed by atoms with Crippen LogP contribution in [0.4, 0.5) is 0 Å². The van der Waals surface area contributed by atoms with Gasteiger partial charge in [0.2, 0.25) is 10.0 Å². The molecule has 0 aromatic carbocycles. The molecule has 1 saturated carbocycles. The molecule has 102 valence electrons. The van der Waals surface area contributed by atoms with Crippen LogP contribution in [0.15, 0.2) is 16.3 Å². The van der Waals surface area contributed by atoms with Gasteiger partial charge in [0, 0.05) is 6.04 Å². The topological polar surface area (TPSA) is 107 Å². The molecule has 6 nitrogen and oxygen atoms in total. The predicted octanol–water partition coefficient (Wildman–Crippen LogP) is 1.42. The Morgan fingerprint density at radius 2 is 2.26 bits per heavy atom. The highest BCUT2D eigenvalue weighted by atomic mass is 32.2. The third-order valence-electron chi connectivity index (χ3n) is 3.10. The van der Waals surface area contributed by atoms with Crippen molar-refractivity contribution in [3.05, 3.63) is 16.3 Å². The van der Waals surface area contributed by atoms with Crippen LogP contribution in [0.2, 0.25) is 0 Å². The molecule has 0 bridgehead atoms. The van der Waals surface area contributed by atoms with Gasteiger partial charge < -0.3 is 5.11 Å². The van der Waals surface area contributed by atoms with Gasteiger partial charge in [0.15, 0.2) is 0 Å². The van der Waals surface area contributed by atoms with Crippen LogP contribution in [0.5, 0.6) is 0 Å². The molecule has 0 radical (unpaired) electrons. The second-order valence-electron chi connectivity index (χ2n) is 4.31. The highest BCUT2D eigenvalue weighted by molar-refractivity contribution is 7.89. The molecule has 19 heavy (non-hydrogen) atoms. The Bertz CT molecular complexity index is 629. The number of rotatable bonds is 4. The fraction of sp³-hybridized carbons (Fsp3) is 0.455. The van der Waals surface area contributed by atoms with E-state index in [0.29, 0.717) is 12.8 Å². The van der Waals surface area contributed by atoms with Crippen molar-refractivity contribution in [1.82, 2.24) is 4.72 Å². The molecular formula is C11H12N2O4S2. The zero-order chi connectivity index (χ0) is 14.0. The molecule has 0 saturated heterocycles. The van der Waals surface area contributed by atoms with E-state index in [9.17, 15) is 13.2 Å². The summed E-state index contributed by atoms with van der Waals surface area (Å²) in [5.41, 5.74) is 0. The number of hydrogen-bond donors (Lipinski definition) is 2. The van der Waals surface area contributed by atoms with Gasteiger partial charge in [-0.2, -0.15) is 5.26 Å². The number of sulfonamides is 1. The van der Waals surface area contributed by atoms with Crippen molar-refractivity contribution in [2.24, 2.45) is 5.92 Å². The first-order chi connectivity index (χ1) is 8.95. The van der Waals surface area contributed by atoms with E-state index in [0.717, 1.165) is 17.8 Å². The quantitative estimate of drug-likeness (QED) is 0.874. The first-order valence-corrected chi connectivity index (χ1v) is 8.04. The van der Waals surface area contributed by atoms with Crippen molar-refractivity contribution in [3.63, 3.8) is 0 Å². The molecule has 2 N–H and O–H groups in total. The molecule has 0 spiro atoms. The summed E-state index contributed by atoms with van der Waals surface area (Å²) >= 11 is 0.865. The Hall–Kier alpha value is -1.43. The lowest BCUT2D eigenvalue weighted by atomic mass is 10.1. The summed E-state index contributed by atoms with van der Waals surface area (Å²) in [6.45, 7) is 0. The number of aromatic carboxylic acids is 1. The predicted molar refractivity (Wildman–Crippen MR) is 68.3 cm³/mol. The first kappa shape index (κ1) is 14.0. The minimum Gasteiger partial charge on any atom is -0.477 e. The van der Waals surface area contributed by atoms with Gasteiger partial charge in [-0.15, -0.1) is 11.3 Å². The summed E-state index contributed by atoms with van der Waals surface area (Å²) in [5, 5.41) is 19.3. The molecule has 1 fully saturated rings. The largest absolute Gasteiger partial charge is 0.477 e. The van der Waals surface area contributed by atoms with Crippen LogP contribution < -0.4 is 4.72 Å². The number of nitrogens with one attached hydrogen (secondary N) is 1. The van der Waals surface area contributed by atoms with E-state index in [1.165, 1.54) is 11.4 Å². The van der Waals surface area contributed by atoms with Gasteiger partial charge in [-0.25, -0.2) is 17.9 Å². The molecule has 8 heteroatoms. The molecule has 1 heterocycles. The van der Waals surface area contributed by atoms with Gasteiger partial charge in [0.25, 0.3) is 0 Å². The summed E-state index contributed by atoms with van der Waals surface area (Å²) in [6.07, 6.45) is 2.06. The van der Waals surface area contributed by atoms with E-state index in [4.69, 9.17) is 10.4 Å². The molecule has 2 atom stereocenters. The number of carboxylic acids is 1. The molecule has 0 amide bonds. The standard InChI is InChI=1S/C11H12N2O4S2/c12-6-7-2-1-3-8(7)13-19(16,17)9-4-5-18-10(9)11(14)15/h4-5,7-8,13H,1-3H2,(H,14,15). The Labute approximate surface area is 114 Å². The number of nitriles is 1. The van der Waals surface area contributed by atoms with E-state index < -0.39 is 22.0 Å². The number of carbonyl (C=O) groups is 1. The van der Waals surface area contributed by atoms with E-state index in [-0.39, 0.29) is 15.7 Å². The first-order valence-electron chi connectivity index (χ1n) is 5.68. The fourth-order valence-corrected chi connectivity index (χ4v) is 4.75. The molecule has 0 aliphatic heterocycles. The van der Waals surface area contributed by atoms with Crippen molar-refractivity contribution in [1.29, 1.82) is 5.26 Å². The van der Waals surface area contributed by atoms with Crippen molar-refractivity contribution < 1.29 is 18.3 Å². The summed E-state index contributed by atoms with van der Waals surface area (Å²) < 4.78 is 26.8. The minimum absolute atomic E-state index is 0.209. The lowest BCUT2D eigenvalue weighted by Gasteiger charge is -2.15. The van der Waals surface area contributed by atoms with Gasteiger partial charge in [0.1, 0.15) is 9.77 Å². The van der Waals surface area contributed by atoms with Gasteiger partial charge >= 0.3 is 5.97 Å². The molecular weight excluding hydrogens is 288 g/mol. The van der Waals surface area contributed by atoms with Gasteiger partial charge in [-0.3, -0.25) is 0 Å². The maximum atomic E-state index is 12.2. The van der Waals surface area contributed by atoms with E-state index in [1.807, 2.05) is 0 Å². The third-order valence-corrected chi connectivity index (χ3v) is 5.67. The van der Waals surface area contributed by atoms with Crippen LogP contribution in [0.3, 0.4) is 0 Å². The summed E-state index contributed by atoms with van der Waals surface area (Å²) in [4.78, 5) is 10.5. The Morgan fingerprint density at radius 3 is 2.89 bits per heavy atom. The van der Waals surface area contributed by atoms with Gasteiger partial charge in [-0.05, 0) is 24.3 Å². The lowest BCUT2D eigenvalue weighted by Crippen LogP contribution is -2.37. The Balaban J connectivity index is 2.26. The summed E-state index contributed by atoms with van der Waals surface area (Å²) in [7, 11) is -3.89. The molecule has 1 aliphatic carbocycles. The summed E-state index contributed by atoms with van der Waals surface area (Å²) in [6, 6.07) is 2.92. The SMILES string of the molecule is N#CC1CCCC1NS(=O)(=O)c1ccsc1C(=O)O. The minimum atomic E-state index is -3.89. The van der Waals surface area contributed by atoms with Crippen molar-refractivity contribution in [3.8, 4) is 6.07 Å². The van der Waals surface area contributed by atoms with E-state index in [2.05, 4.69) is 10.8 Å². The molecule has 1 aromatic heterocycles. The normalized spacial score (nSPS) is 23.1. The average Bonchev–Trinajstić information content (AvgIpc) is 2.95. The zero-order valence-corrected chi connectivity index (χ0v) is 11.5. The Kier molecular flexibility index (Phi) is 3.89. The van der Waals surface area contributed by atoms with Crippen molar-refractivity contribution in [2.45, 2.75) is 30.2 Å². The maximum Gasteiger partial charge on any atom is 0.347 e. The molecule has 1 aromatic rings. The van der Waals surface area contributed by atoms with E-state index in [1.54, 1.807) is 0 Å². The number of hydrogen-bond acceptors (Lipinski definition) is 5. The average molecular weight is 300 g/mol. The van der Waals surface area contributed by atoms with Crippen LogP contribution in [0, 0.1) is 17.2 Å². The highest BCUT2D eigenvalue weighted by Gasteiger charge is 2.33. The highest BCUT2D eigenvalue weighted by Crippen LogP contribution is 2.28. The zero-order valence-electron chi connectivity index (χ0n) is 9.87. The summed E-state index contributed by atoms with van der Waals surface area (Å²) in [5.74, 6) is -1.61. The molecule has 2 unspecified atom stereocenters. The van der Waals surface area contributed by atoms with Crippen LogP contribution in [0.1, 0.15) is 28.9 Å². The number of nitrogens with zero attached hydrogens (tertiary/aromatic N) is 1. The molecule has 1 aliphatic rings. The van der Waals surface area contributed by atoms with Crippen LogP contribution in [-0.2, 0) is 10.0 Å². The number of thiophene rings is 1. The van der Waals surface area contributed by atoms with Crippen LogP contribution in [-0.4, -0.2) is 25.5 Å². The van der Waals surface area contributed by atoms with Gasteiger partial charge in [0.05, 0.1) is 12.0 Å². The number of carboxylic acid groups (broad SMARTS) is 1. The van der Waals surface area contributed by atoms with Crippen LogP contribution in [0.25, 0.3) is 0 Å². The van der Waals surface area contributed by atoms with Crippen molar-refractivity contribution in [2.75, 3.05) is 0 Å². The fourth-order valence-electron chi connectivity index (χ4n) is 2.18. The lowest BCUT2D eigenvalue weighted by molar-refractivity contribution is 0.0698. The smallest absolute Gasteiger partial charge is 0.347 e. The Morgan fingerprint density at radius 1 is 1.53 bits per heavy atom. The van der Waals surface area contributed by atoms with E-state index >= 15 is 0 Å². The van der Waals surface area contributed by atoms with Crippen LogP contribution >= 0.6 is 11.3 Å². The monoisotopic (exact) mass is 300 g/mol. The third kappa shape index (κ3) is 2.78.